The number of furan rings is 1. The van der Waals surface area contributed by atoms with Crippen LogP contribution in [0.2, 0.25) is 0 Å². The molecule has 136 valence electrons. The summed E-state index contributed by atoms with van der Waals surface area (Å²) in [6, 6.07) is 10.4. The van der Waals surface area contributed by atoms with Crippen molar-refractivity contribution in [3.05, 3.63) is 59.7 Å². The number of nitrogens with two attached hydrogens (primary N) is 1. The van der Waals surface area contributed by atoms with Gasteiger partial charge in [0, 0.05) is 11.8 Å². The molecule has 9 nitrogen and oxygen atoms in total. The zero-order chi connectivity index (χ0) is 19.0. The van der Waals surface area contributed by atoms with Gasteiger partial charge in [0.2, 0.25) is 11.8 Å². The van der Waals surface area contributed by atoms with Crippen LogP contribution < -0.4 is 11.1 Å². The summed E-state index contributed by atoms with van der Waals surface area (Å²) in [5, 5.41) is 7.13. The predicted molar refractivity (Wildman–Crippen MR) is 97.8 cm³/mol. The summed E-state index contributed by atoms with van der Waals surface area (Å²) < 4.78 is 6.65. The van der Waals surface area contributed by atoms with Crippen LogP contribution in [0.1, 0.15) is 34.8 Å². The normalized spacial score (nSPS) is 12.2. The molecule has 4 rings (SSSR count). The van der Waals surface area contributed by atoms with E-state index in [2.05, 4.69) is 25.4 Å². The standard InChI is InChI=1S/C18H17N7O2/c1-10-5-3-6-12(20-10)11(2)21-17(26)13-9-15-23-16(14-7-4-8-27-14)24-25(15)18(19)22-13/h3-9,11H,1-2H3,(H2,19,22)(H,21,26). The number of nitrogen functional groups attached to an aromatic ring is 1. The molecule has 0 saturated heterocycles. The van der Waals surface area contributed by atoms with Gasteiger partial charge >= 0.3 is 0 Å². The highest BCUT2D eigenvalue weighted by molar-refractivity contribution is 5.93. The van der Waals surface area contributed by atoms with Crippen LogP contribution in [-0.2, 0) is 0 Å². The van der Waals surface area contributed by atoms with Gasteiger partial charge in [-0.15, -0.1) is 5.10 Å². The first-order valence-corrected chi connectivity index (χ1v) is 8.33. The number of hydrogen-bond acceptors (Lipinski definition) is 7. The molecule has 0 aliphatic rings. The lowest BCUT2D eigenvalue weighted by atomic mass is 10.2. The van der Waals surface area contributed by atoms with E-state index < -0.39 is 0 Å². The minimum atomic E-state index is -0.373. The molecule has 0 aromatic carbocycles. The van der Waals surface area contributed by atoms with E-state index in [0.29, 0.717) is 17.2 Å². The Morgan fingerprint density at radius 2 is 2.07 bits per heavy atom. The van der Waals surface area contributed by atoms with E-state index in [0.717, 1.165) is 11.4 Å². The smallest absolute Gasteiger partial charge is 0.270 e. The van der Waals surface area contributed by atoms with Crippen LogP contribution >= 0.6 is 0 Å². The second-order valence-electron chi connectivity index (χ2n) is 6.08. The van der Waals surface area contributed by atoms with E-state index >= 15 is 0 Å². The van der Waals surface area contributed by atoms with Crippen molar-refractivity contribution in [2.24, 2.45) is 0 Å². The van der Waals surface area contributed by atoms with Crippen molar-refractivity contribution < 1.29 is 9.21 Å². The largest absolute Gasteiger partial charge is 0.461 e. The number of anilines is 1. The summed E-state index contributed by atoms with van der Waals surface area (Å²) in [6.07, 6.45) is 1.53. The van der Waals surface area contributed by atoms with Crippen LogP contribution in [-0.4, -0.2) is 30.5 Å². The summed E-state index contributed by atoms with van der Waals surface area (Å²) in [5.74, 6) is 0.554. The molecule has 0 saturated carbocycles. The minimum Gasteiger partial charge on any atom is -0.461 e. The Hall–Kier alpha value is -3.75. The number of aromatic nitrogens is 5. The maximum atomic E-state index is 12.6. The second kappa shape index (κ2) is 6.52. The maximum absolute atomic E-state index is 12.6. The van der Waals surface area contributed by atoms with Crippen molar-refractivity contribution in [3.8, 4) is 11.6 Å². The first kappa shape index (κ1) is 16.7. The molecular formula is C18H17N7O2. The predicted octanol–water partition coefficient (Wildman–Crippen LogP) is 2.16. The molecule has 0 bridgehead atoms. The van der Waals surface area contributed by atoms with Gasteiger partial charge in [-0.3, -0.25) is 9.78 Å². The third-order valence-electron chi connectivity index (χ3n) is 4.03. The molecule has 4 aromatic heterocycles. The lowest BCUT2D eigenvalue weighted by Crippen LogP contribution is -2.28. The lowest BCUT2D eigenvalue weighted by Gasteiger charge is -2.13. The molecule has 0 fully saturated rings. The zero-order valence-electron chi connectivity index (χ0n) is 14.7. The van der Waals surface area contributed by atoms with Gasteiger partial charge in [-0.05, 0) is 38.1 Å². The molecule has 1 unspecified atom stereocenters. The van der Waals surface area contributed by atoms with Crippen LogP contribution in [0.4, 0.5) is 5.95 Å². The van der Waals surface area contributed by atoms with Crippen molar-refractivity contribution in [1.82, 2.24) is 29.9 Å². The molecule has 0 spiro atoms. The van der Waals surface area contributed by atoms with Gasteiger partial charge in [-0.1, -0.05) is 6.07 Å². The van der Waals surface area contributed by atoms with Gasteiger partial charge in [0.15, 0.2) is 11.4 Å². The Kier molecular flexibility index (Phi) is 4.03. The Balaban J connectivity index is 1.62. The molecule has 27 heavy (non-hydrogen) atoms. The number of rotatable bonds is 4. The number of hydrogen-bond donors (Lipinski definition) is 2. The van der Waals surface area contributed by atoms with E-state index in [4.69, 9.17) is 10.2 Å². The third-order valence-corrected chi connectivity index (χ3v) is 4.03. The van der Waals surface area contributed by atoms with E-state index in [-0.39, 0.29) is 23.6 Å². The summed E-state index contributed by atoms with van der Waals surface area (Å²) in [5.41, 5.74) is 8.15. The number of amides is 1. The SMILES string of the molecule is Cc1cccc(C(C)NC(=O)c2cc3nc(-c4ccco4)nn3c(N)n2)n1. The Bertz CT molecular complexity index is 1120. The molecule has 0 aliphatic carbocycles. The van der Waals surface area contributed by atoms with Gasteiger partial charge in [0.25, 0.3) is 5.91 Å². The van der Waals surface area contributed by atoms with Gasteiger partial charge < -0.3 is 15.5 Å². The summed E-state index contributed by atoms with van der Waals surface area (Å²) >= 11 is 0. The molecule has 4 aromatic rings. The second-order valence-corrected chi connectivity index (χ2v) is 6.08. The topological polar surface area (TPSA) is 124 Å². The third kappa shape index (κ3) is 3.22. The number of carbonyl (C=O) groups is 1. The van der Waals surface area contributed by atoms with Crippen molar-refractivity contribution in [1.29, 1.82) is 0 Å². The highest BCUT2D eigenvalue weighted by Gasteiger charge is 2.18. The van der Waals surface area contributed by atoms with E-state index in [1.54, 1.807) is 12.1 Å². The summed E-state index contributed by atoms with van der Waals surface area (Å²) in [4.78, 5) is 25.5. The highest BCUT2D eigenvalue weighted by atomic mass is 16.3. The van der Waals surface area contributed by atoms with Gasteiger partial charge in [-0.25, -0.2) is 9.97 Å². The average molecular weight is 363 g/mol. The van der Waals surface area contributed by atoms with Crippen LogP contribution in [0.15, 0.2) is 47.1 Å². The van der Waals surface area contributed by atoms with Crippen molar-refractivity contribution in [3.63, 3.8) is 0 Å². The minimum absolute atomic E-state index is 0.0595. The Morgan fingerprint density at radius 1 is 1.22 bits per heavy atom. The fraction of sp³-hybridized carbons (Fsp3) is 0.167. The molecule has 1 amide bonds. The van der Waals surface area contributed by atoms with E-state index in [1.807, 2.05) is 32.0 Å². The molecule has 4 heterocycles. The van der Waals surface area contributed by atoms with E-state index in [1.165, 1.54) is 16.8 Å². The first-order chi connectivity index (χ1) is 13.0. The number of nitrogens with one attached hydrogen (secondary N) is 1. The Morgan fingerprint density at radius 3 is 2.81 bits per heavy atom. The van der Waals surface area contributed by atoms with Crippen LogP contribution in [0, 0.1) is 6.92 Å². The van der Waals surface area contributed by atoms with Crippen LogP contribution in [0.25, 0.3) is 17.2 Å². The van der Waals surface area contributed by atoms with Crippen LogP contribution in [0.3, 0.4) is 0 Å². The van der Waals surface area contributed by atoms with Gasteiger partial charge in [-0.2, -0.15) is 4.52 Å². The fourth-order valence-electron chi connectivity index (χ4n) is 2.69. The van der Waals surface area contributed by atoms with Crippen LogP contribution in [0.5, 0.6) is 0 Å². The zero-order valence-corrected chi connectivity index (χ0v) is 14.7. The number of fused-ring (bicyclic) bond motifs is 1. The van der Waals surface area contributed by atoms with Crippen molar-refractivity contribution >= 4 is 17.5 Å². The molecule has 0 radical (unpaired) electrons. The Labute approximate surface area is 154 Å². The summed E-state index contributed by atoms with van der Waals surface area (Å²) in [7, 11) is 0. The lowest BCUT2D eigenvalue weighted by molar-refractivity contribution is 0.0934. The highest BCUT2D eigenvalue weighted by Crippen LogP contribution is 2.18. The number of aryl methyl sites for hydroxylation is 1. The molecule has 3 N–H and O–H groups in total. The molecular weight excluding hydrogens is 346 g/mol. The van der Waals surface area contributed by atoms with Crippen molar-refractivity contribution in [2.45, 2.75) is 19.9 Å². The quantitative estimate of drug-likeness (QED) is 0.569. The fourth-order valence-corrected chi connectivity index (χ4v) is 2.69. The molecule has 0 aliphatic heterocycles. The molecule has 1 atom stereocenters. The average Bonchev–Trinajstić information content (AvgIpc) is 3.31. The number of carbonyl (C=O) groups excluding carboxylic acids is 1. The molecule has 9 heteroatoms. The monoisotopic (exact) mass is 363 g/mol. The van der Waals surface area contributed by atoms with Gasteiger partial charge in [0.1, 0.15) is 5.69 Å². The number of pyridine rings is 1. The van der Waals surface area contributed by atoms with Crippen molar-refractivity contribution in [2.75, 3.05) is 5.73 Å². The summed E-state index contributed by atoms with van der Waals surface area (Å²) in [6.45, 7) is 3.75. The van der Waals surface area contributed by atoms with E-state index in [9.17, 15) is 4.79 Å². The maximum Gasteiger partial charge on any atom is 0.270 e. The van der Waals surface area contributed by atoms with Gasteiger partial charge in [0.05, 0.1) is 18.0 Å². The number of nitrogens with zero attached hydrogens (tertiary/aromatic N) is 5. The first-order valence-electron chi connectivity index (χ1n) is 8.33.